The highest BCUT2D eigenvalue weighted by molar-refractivity contribution is 6.06. The van der Waals surface area contributed by atoms with Crippen molar-refractivity contribution in [1.82, 2.24) is 4.90 Å². The second-order valence-electron chi connectivity index (χ2n) is 6.47. The van der Waals surface area contributed by atoms with Crippen LogP contribution in [-0.4, -0.2) is 23.3 Å². The number of nitrogens with one attached hydrogen (secondary N) is 1. The Morgan fingerprint density at radius 3 is 2.28 bits per heavy atom. The summed E-state index contributed by atoms with van der Waals surface area (Å²) in [6.45, 7) is 2.86. The molecule has 0 saturated carbocycles. The van der Waals surface area contributed by atoms with Crippen LogP contribution in [0.15, 0.2) is 72.8 Å². The van der Waals surface area contributed by atoms with E-state index in [0.717, 1.165) is 17.7 Å². The van der Waals surface area contributed by atoms with Crippen molar-refractivity contribution in [3.63, 3.8) is 0 Å². The first-order chi connectivity index (χ1) is 14.0. The van der Waals surface area contributed by atoms with Crippen molar-refractivity contribution < 1.29 is 18.4 Å². The quantitative estimate of drug-likeness (QED) is 0.648. The van der Waals surface area contributed by atoms with Crippen LogP contribution in [0.2, 0.25) is 0 Å². The van der Waals surface area contributed by atoms with Crippen LogP contribution < -0.4 is 5.32 Å². The van der Waals surface area contributed by atoms with Gasteiger partial charge in [0.2, 0.25) is 0 Å². The number of hydrogen-bond acceptors (Lipinski definition) is 2. The van der Waals surface area contributed by atoms with E-state index in [9.17, 15) is 18.4 Å². The van der Waals surface area contributed by atoms with Crippen LogP contribution in [0.1, 0.15) is 33.2 Å². The van der Waals surface area contributed by atoms with Gasteiger partial charge in [-0.2, -0.15) is 0 Å². The van der Waals surface area contributed by atoms with Crippen LogP contribution in [0.5, 0.6) is 0 Å². The van der Waals surface area contributed by atoms with E-state index in [4.69, 9.17) is 0 Å². The number of carbonyl (C=O) groups is 2. The van der Waals surface area contributed by atoms with Gasteiger partial charge in [0.05, 0.1) is 0 Å². The molecular formula is C23H20F2N2O2. The minimum Gasteiger partial charge on any atom is -0.335 e. The maximum Gasteiger partial charge on any atom is 0.255 e. The molecule has 0 atom stereocenters. The van der Waals surface area contributed by atoms with Gasteiger partial charge in [-0.25, -0.2) is 8.78 Å². The molecule has 4 nitrogen and oxygen atoms in total. The summed E-state index contributed by atoms with van der Waals surface area (Å²) in [6.07, 6.45) is 0. The minimum atomic E-state index is -1.05. The predicted molar refractivity (Wildman–Crippen MR) is 108 cm³/mol. The molecule has 3 rings (SSSR count). The number of nitrogens with zero attached hydrogens (tertiary/aromatic N) is 1. The summed E-state index contributed by atoms with van der Waals surface area (Å²) >= 11 is 0. The molecule has 29 heavy (non-hydrogen) atoms. The SMILES string of the molecule is CCN(Cc1ccccc1)C(=O)c1cccc(C(=O)Nc2ccc(F)c(F)c2)c1. The lowest BCUT2D eigenvalue weighted by Gasteiger charge is -2.21. The van der Waals surface area contributed by atoms with E-state index in [0.29, 0.717) is 18.7 Å². The van der Waals surface area contributed by atoms with Gasteiger partial charge in [0.15, 0.2) is 11.6 Å². The van der Waals surface area contributed by atoms with Crippen LogP contribution in [0.25, 0.3) is 0 Å². The number of halogens is 2. The number of benzene rings is 3. The van der Waals surface area contributed by atoms with Crippen molar-refractivity contribution in [1.29, 1.82) is 0 Å². The summed E-state index contributed by atoms with van der Waals surface area (Å²) in [5.41, 5.74) is 1.76. The molecule has 0 aliphatic rings. The summed E-state index contributed by atoms with van der Waals surface area (Å²) in [4.78, 5) is 27.0. The Balaban J connectivity index is 1.75. The standard InChI is InChI=1S/C23H20F2N2O2/c1-2-27(15-16-7-4-3-5-8-16)23(29)18-10-6-9-17(13-18)22(28)26-19-11-12-20(24)21(25)14-19/h3-14H,2,15H2,1H3,(H,26,28). The van der Waals surface area contributed by atoms with Gasteiger partial charge in [0.25, 0.3) is 11.8 Å². The highest BCUT2D eigenvalue weighted by Crippen LogP contribution is 2.16. The van der Waals surface area contributed by atoms with Crippen LogP contribution >= 0.6 is 0 Å². The Labute approximate surface area is 167 Å². The van der Waals surface area contributed by atoms with E-state index in [1.807, 2.05) is 37.3 Å². The highest BCUT2D eigenvalue weighted by Gasteiger charge is 2.17. The van der Waals surface area contributed by atoms with E-state index in [1.165, 1.54) is 12.1 Å². The average molecular weight is 394 g/mol. The second kappa shape index (κ2) is 9.10. The second-order valence-corrected chi connectivity index (χ2v) is 6.47. The maximum atomic E-state index is 13.3. The molecule has 6 heteroatoms. The third-order valence-corrected chi connectivity index (χ3v) is 4.43. The lowest BCUT2D eigenvalue weighted by atomic mass is 10.1. The van der Waals surface area contributed by atoms with Gasteiger partial charge in [0.1, 0.15) is 0 Å². The normalized spacial score (nSPS) is 10.4. The monoisotopic (exact) mass is 394 g/mol. The van der Waals surface area contributed by atoms with Gasteiger partial charge >= 0.3 is 0 Å². The molecule has 2 amide bonds. The van der Waals surface area contributed by atoms with Crippen LogP contribution in [0, 0.1) is 11.6 Å². The van der Waals surface area contributed by atoms with Crippen molar-refractivity contribution in [3.8, 4) is 0 Å². The first-order valence-corrected chi connectivity index (χ1v) is 9.17. The molecule has 1 N–H and O–H groups in total. The van der Waals surface area contributed by atoms with Crippen LogP contribution in [0.3, 0.4) is 0 Å². The van der Waals surface area contributed by atoms with Gasteiger partial charge in [-0.3, -0.25) is 9.59 Å². The van der Waals surface area contributed by atoms with Crippen LogP contribution in [0.4, 0.5) is 14.5 Å². The van der Waals surface area contributed by atoms with Gasteiger partial charge in [-0.1, -0.05) is 36.4 Å². The largest absolute Gasteiger partial charge is 0.335 e. The number of carbonyl (C=O) groups excluding carboxylic acids is 2. The van der Waals surface area contributed by atoms with E-state index in [2.05, 4.69) is 5.32 Å². The molecule has 0 bridgehead atoms. The minimum absolute atomic E-state index is 0.130. The molecular weight excluding hydrogens is 374 g/mol. The van der Waals surface area contributed by atoms with E-state index >= 15 is 0 Å². The molecule has 0 unspecified atom stereocenters. The maximum absolute atomic E-state index is 13.3. The van der Waals surface area contributed by atoms with Gasteiger partial charge in [0, 0.05) is 36.0 Å². The Hall–Kier alpha value is -3.54. The first-order valence-electron chi connectivity index (χ1n) is 9.17. The van der Waals surface area contributed by atoms with Crippen molar-refractivity contribution in [2.24, 2.45) is 0 Å². The lowest BCUT2D eigenvalue weighted by Crippen LogP contribution is -2.30. The number of anilines is 1. The van der Waals surface area contributed by atoms with Crippen molar-refractivity contribution in [3.05, 3.63) is 101 Å². The molecule has 0 spiro atoms. The molecule has 0 aromatic heterocycles. The smallest absolute Gasteiger partial charge is 0.255 e. The summed E-state index contributed by atoms with van der Waals surface area (Å²) < 4.78 is 26.4. The van der Waals surface area contributed by atoms with Gasteiger partial charge in [-0.05, 0) is 42.8 Å². The van der Waals surface area contributed by atoms with Gasteiger partial charge in [-0.15, -0.1) is 0 Å². The molecule has 148 valence electrons. The number of hydrogen-bond donors (Lipinski definition) is 1. The number of amides is 2. The zero-order valence-corrected chi connectivity index (χ0v) is 15.9. The summed E-state index contributed by atoms with van der Waals surface area (Å²) in [5, 5.41) is 2.50. The summed E-state index contributed by atoms with van der Waals surface area (Å²) in [5.74, 6) is -2.75. The molecule has 0 aliphatic heterocycles. The first kappa shape index (κ1) is 20.2. The molecule has 3 aromatic rings. The van der Waals surface area contributed by atoms with Gasteiger partial charge < -0.3 is 10.2 Å². The Morgan fingerprint density at radius 2 is 1.59 bits per heavy atom. The molecule has 0 radical (unpaired) electrons. The Bertz CT molecular complexity index is 1020. The molecule has 0 aliphatic carbocycles. The zero-order chi connectivity index (χ0) is 20.8. The van der Waals surface area contributed by atoms with Crippen molar-refractivity contribution in [2.45, 2.75) is 13.5 Å². The third-order valence-electron chi connectivity index (χ3n) is 4.43. The number of rotatable bonds is 6. The average Bonchev–Trinajstić information content (AvgIpc) is 2.75. The highest BCUT2D eigenvalue weighted by atomic mass is 19.2. The Morgan fingerprint density at radius 1 is 0.862 bits per heavy atom. The topological polar surface area (TPSA) is 49.4 Å². The van der Waals surface area contributed by atoms with E-state index < -0.39 is 17.5 Å². The summed E-state index contributed by atoms with van der Waals surface area (Å²) in [7, 11) is 0. The fraction of sp³-hybridized carbons (Fsp3) is 0.130. The fourth-order valence-electron chi connectivity index (χ4n) is 2.88. The molecule has 0 fully saturated rings. The molecule has 0 heterocycles. The lowest BCUT2D eigenvalue weighted by molar-refractivity contribution is 0.0752. The molecule has 3 aromatic carbocycles. The van der Waals surface area contributed by atoms with Crippen molar-refractivity contribution >= 4 is 17.5 Å². The third kappa shape index (κ3) is 5.04. The van der Waals surface area contributed by atoms with Crippen molar-refractivity contribution in [2.75, 3.05) is 11.9 Å². The van der Waals surface area contributed by atoms with E-state index in [-0.39, 0.29) is 17.2 Å². The molecule has 0 saturated heterocycles. The van der Waals surface area contributed by atoms with Crippen LogP contribution in [-0.2, 0) is 6.54 Å². The predicted octanol–water partition coefficient (Wildman–Crippen LogP) is 4.88. The summed E-state index contributed by atoms with van der Waals surface area (Å²) in [6, 6.07) is 19.0. The van der Waals surface area contributed by atoms with E-state index in [1.54, 1.807) is 23.1 Å². The zero-order valence-electron chi connectivity index (χ0n) is 15.9. The Kier molecular flexibility index (Phi) is 6.34. The fourth-order valence-corrected chi connectivity index (χ4v) is 2.88.